The first-order valence-corrected chi connectivity index (χ1v) is 6.59. The van der Waals surface area contributed by atoms with Gasteiger partial charge in [-0.15, -0.1) is 0 Å². The summed E-state index contributed by atoms with van der Waals surface area (Å²) in [6.07, 6.45) is 2.50. The summed E-state index contributed by atoms with van der Waals surface area (Å²) in [5.41, 5.74) is 0.617. The van der Waals surface area contributed by atoms with E-state index in [4.69, 9.17) is 17.0 Å². The molecule has 0 bridgehead atoms. The Morgan fingerprint density at radius 2 is 2.43 bits per heavy atom. The fraction of sp³-hybridized carbons (Fsp3) is 0.625. The Morgan fingerprint density at radius 1 is 1.71 bits per heavy atom. The molecule has 0 saturated heterocycles. The van der Waals surface area contributed by atoms with Crippen molar-refractivity contribution < 1.29 is 13.2 Å². The van der Waals surface area contributed by atoms with Gasteiger partial charge in [0.2, 0.25) is 0 Å². The van der Waals surface area contributed by atoms with Crippen LogP contribution in [0.5, 0.6) is 0 Å². The third kappa shape index (κ3) is 3.63. The van der Waals surface area contributed by atoms with Crippen LogP contribution in [-0.2, 0) is 14.6 Å². The lowest BCUT2D eigenvalue weighted by Crippen LogP contribution is -2.25. The van der Waals surface area contributed by atoms with Crippen LogP contribution >= 0.6 is 12.2 Å². The van der Waals surface area contributed by atoms with E-state index in [9.17, 15) is 8.42 Å². The molecule has 1 heterocycles. The lowest BCUT2D eigenvalue weighted by atomic mass is 10.5. The van der Waals surface area contributed by atoms with E-state index < -0.39 is 9.84 Å². The van der Waals surface area contributed by atoms with Gasteiger partial charge >= 0.3 is 0 Å². The van der Waals surface area contributed by atoms with Crippen molar-refractivity contribution in [3.05, 3.63) is 11.8 Å². The molecule has 14 heavy (non-hydrogen) atoms. The molecule has 80 valence electrons. The Bertz CT molecular complexity index is 346. The second-order valence-corrected chi connectivity index (χ2v) is 5.52. The molecule has 1 aliphatic rings. The first-order chi connectivity index (χ1) is 6.53. The van der Waals surface area contributed by atoms with E-state index in [2.05, 4.69) is 5.32 Å². The smallest absolute Gasteiger partial charge is 0.260 e. The second kappa shape index (κ2) is 4.75. The topological polar surface area (TPSA) is 55.4 Å². The van der Waals surface area contributed by atoms with Crippen molar-refractivity contribution in [1.82, 2.24) is 5.32 Å². The van der Waals surface area contributed by atoms with Gasteiger partial charge in [0.25, 0.3) is 5.17 Å². The van der Waals surface area contributed by atoms with Crippen LogP contribution in [0.3, 0.4) is 0 Å². The van der Waals surface area contributed by atoms with E-state index in [1.807, 2.05) is 6.92 Å². The van der Waals surface area contributed by atoms with Crippen molar-refractivity contribution in [1.29, 1.82) is 0 Å². The first kappa shape index (κ1) is 11.5. The molecule has 1 rings (SSSR count). The van der Waals surface area contributed by atoms with Crippen molar-refractivity contribution in [2.75, 3.05) is 18.1 Å². The van der Waals surface area contributed by atoms with E-state index >= 15 is 0 Å². The molecule has 1 N–H and O–H groups in total. The van der Waals surface area contributed by atoms with Gasteiger partial charge < -0.3 is 10.1 Å². The minimum atomic E-state index is -2.93. The molecule has 0 unspecified atom stereocenters. The van der Waals surface area contributed by atoms with Crippen LogP contribution in [0, 0.1) is 0 Å². The maximum Gasteiger partial charge on any atom is 0.260 e. The van der Waals surface area contributed by atoms with Crippen molar-refractivity contribution >= 4 is 27.2 Å². The average Bonchev–Trinajstić information content (AvgIpc) is 2.42. The molecule has 0 aliphatic carbocycles. The summed E-state index contributed by atoms with van der Waals surface area (Å²) in [6.45, 7) is 2.52. The van der Waals surface area contributed by atoms with Crippen LogP contribution in [0.2, 0.25) is 0 Å². The highest BCUT2D eigenvalue weighted by molar-refractivity contribution is 7.92. The molecular formula is C8H13NO3S2. The Balaban J connectivity index is 2.36. The summed E-state index contributed by atoms with van der Waals surface area (Å²) in [6, 6.07) is 0. The van der Waals surface area contributed by atoms with Gasteiger partial charge in [-0.1, -0.05) is 6.92 Å². The van der Waals surface area contributed by atoms with E-state index in [1.54, 1.807) is 6.08 Å². The molecule has 0 atom stereocenters. The van der Waals surface area contributed by atoms with Crippen LogP contribution in [0.4, 0.5) is 0 Å². The Labute approximate surface area is 89.2 Å². The highest BCUT2D eigenvalue weighted by Gasteiger charge is 2.20. The van der Waals surface area contributed by atoms with Crippen molar-refractivity contribution in [3.63, 3.8) is 0 Å². The number of sulfone groups is 1. The summed E-state index contributed by atoms with van der Waals surface area (Å²) in [5.74, 6) is 0.119. The van der Waals surface area contributed by atoms with Crippen LogP contribution in [-0.4, -0.2) is 31.7 Å². The van der Waals surface area contributed by atoms with Gasteiger partial charge in [-0.05, 0) is 24.7 Å². The Hall–Kier alpha value is -0.620. The van der Waals surface area contributed by atoms with Gasteiger partial charge in [0.05, 0.1) is 18.1 Å². The minimum Gasteiger partial charge on any atom is -0.471 e. The van der Waals surface area contributed by atoms with E-state index in [0.29, 0.717) is 12.3 Å². The van der Waals surface area contributed by atoms with Gasteiger partial charge in [-0.2, -0.15) is 0 Å². The summed E-state index contributed by atoms with van der Waals surface area (Å²) in [5, 5.41) is 3.01. The first-order valence-electron chi connectivity index (χ1n) is 4.37. The molecule has 0 spiro atoms. The van der Waals surface area contributed by atoms with Crippen molar-refractivity contribution in [2.24, 2.45) is 0 Å². The zero-order chi connectivity index (χ0) is 10.6. The molecule has 1 aliphatic heterocycles. The molecule has 4 nitrogen and oxygen atoms in total. The summed E-state index contributed by atoms with van der Waals surface area (Å²) in [4.78, 5) is 0. The van der Waals surface area contributed by atoms with E-state index in [0.717, 1.165) is 6.42 Å². The molecule has 6 heteroatoms. The maximum atomic E-state index is 11.1. The highest BCUT2D eigenvalue weighted by Crippen LogP contribution is 2.08. The third-order valence-corrected chi connectivity index (χ3v) is 3.30. The van der Waals surface area contributed by atoms with E-state index in [1.165, 1.54) is 0 Å². The molecule has 0 amide bonds. The van der Waals surface area contributed by atoms with Crippen LogP contribution in [0.25, 0.3) is 0 Å². The fourth-order valence-electron chi connectivity index (χ4n) is 1.03. The van der Waals surface area contributed by atoms with Crippen molar-refractivity contribution in [2.45, 2.75) is 13.3 Å². The molecule has 0 saturated carbocycles. The zero-order valence-electron chi connectivity index (χ0n) is 7.95. The third-order valence-electron chi connectivity index (χ3n) is 1.66. The minimum absolute atomic E-state index is 0.0304. The number of ether oxygens (including phenoxy) is 1. The lowest BCUT2D eigenvalue weighted by molar-refractivity contribution is 0.302. The highest BCUT2D eigenvalue weighted by atomic mass is 32.2. The number of thiocarbonyl (C=S) groups is 1. The SMILES string of the molecule is CCCOC(=S)NC1=CCS(=O)(=O)C1. The number of rotatable bonds is 3. The monoisotopic (exact) mass is 235 g/mol. The van der Waals surface area contributed by atoms with Gasteiger partial charge in [-0.3, -0.25) is 0 Å². The number of hydrogen-bond acceptors (Lipinski definition) is 4. The predicted octanol–water partition coefficient (Wildman–Crippen LogP) is 0.600. The van der Waals surface area contributed by atoms with Gasteiger partial charge in [0.1, 0.15) is 0 Å². The summed E-state index contributed by atoms with van der Waals surface area (Å²) in [7, 11) is -2.93. The predicted molar refractivity (Wildman–Crippen MR) is 58.7 cm³/mol. The van der Waals surface area contributed by atoms with Gasteiger partial charge in [-0.25, -0.2) is 8.42 Å². The van der Waals surface area contributed by atoms with Crippen LogP contribution in [0.15, 0.2) is 11.8 Å². The van der Waals surface area contributed by atoms with Crippen molar-refractivity contribution in [3.8, 4) is 0 Å². The van der Waals surface area contributed by atoms with Crippen LogP contribution in [0.1, 0.15) is 13.3 Å². The van der Waals surface area contributed by atoms with Gasteiger partial charge in [0, 0.05) is 5.70 Å². The molecular weight excluding hydrogens is 222 g/mol. The second-order valence-electron chi connectivity index (χ2n) is 3.04. The quantitative estimate of drug-likeness (QED) is 0.726. The maximum absolute atomic E-state index is 11.1. The zero-order valence-corrected chi connectivity index (χ0v) is 9.58. The number of nitrogens with one attached hydrogen (secondary N) is 1. The van der Waals surface area contributed by atoms with E-state index in [-0.39, 0.29) is 16.7 Å². The standard InChI is InChI=1S/C8H13NO3S2/c1-2-4-12-8(13)9-7-3-5-14(10,11)6-7/h3H,2,4-6H2,1H3,(H,9,13). The largest absolute Gasteiger partial charge is 0.471 e. The molecule has 0 aromatic carbocycles. The summed E-state index contributed by atoms with van der Waals surface area (Å²) < 4.78 is 27.2. The molecule has 0 aromatic heterocycles. The van der Waals surface area contributed by atoms with Crippen LogP contribution < -0.4 is 5.32 Å². The molecule has 0 aromatic rings. The molecule has 0 radical (unpaired) electrons. The Kier molecular flexibility index (Phi) is 3.88. The Morgan fingerprint density at radius 3 is 2.93 bits per heavy atom. The number of hydrogen-bond donors (Lipinski definition) is 1. The van der Waals surface area contributed by atoms with Gasteiger partial charge in [0.15, 0.2) is 9.84 Å². The fourth-order valence-corrected chi connectivity index (χ4v) is 2.48. The normalized spacial score (nSPS) is 18.8. The average molecular weight is 235 g/mol. The lowest BCUT2D eigenvalue weighted by Gasteiger charge is -2.08. The molecule has 0 fully saturated rings. The summed E-state index contributed by atoms with van der Waals surface area (Å²) >= 11 is 4.86.